The van der Waals surface area contributed by atoms with Crippen molar-refractivity contribution in [1.82, 2.24) is 5.32 Å². The number of nitrogens with one attached hydrogen (secondary N) is 1. The Balaban J connectivity index is 1.48. The summed E-state index contributed by atoms with van der Waals surface area (Å²) in [5.74, 6) is -3.06. The minimum atomic E-state index is -4.71. The number of carboxylic acid groups (broad SMARTS) is 1. The van der Waals surface area contributed by atoms with E-state index in [0.29, 0.717) is 30.3 Å². The molecule has 4 nitrogen and oxygen atoms in total. The molecule has 2 fully saturated rings. The van der Waals surface area contributed by atoms with Crippen LogP contribution in [-0.2, 0) is 17.4 Å². The second-order valence-electron chi connectivity index (χ2n) is 10.8. The zero-order valence-electron chi connectivity index (χ0n) is 20.7. The molecule has 0 saturated heterocycles. The summed E-state index contributed by atoms with van der Waals surface area (Å²) in [7, 11) is 0. The molecular formula is C27H31F6NO3. The number of halogens is 6. The fourth-order valence-corrected chi connectivity index (χ4v) is 5.66. The van der Waals surface area contributed by atoms with Gasteiger partial charge in [-0.1, -0.05) is 38.1 Å². The summed E-state index contributed by atoms with van der Waals surface area (Å²) in [6.45, 7) is 4.25. The summed E-state index contributed by atoms with van der Waals surface area (Å²) in [6.07, 6.45) is -8.99. The Hall–Kier alpha value is -2.49. The molecule has 2 N–H and O–H groups in total. The predicted octanol–water partition coefficient (Wildman–Crippen LogP) is 6.99. The minimum Gasteiger partial charge on any atom is -0.490 e. The van der Waals surface area contributed by atoms with E-state index in [2.05, 4.69) is 5.32 Å². The van der Waals surface area contributed by atoms with Gasteiger partial charge in [0.25, 0.3) is 0 Å². The van der Waals surface area contributed by atoms with Gasteiger partial charge in [-0.15, -0.1) is 0 Å². The largest absolute Gasteiger partial charge is 0.490 e. The Morgan fingerprint density at radius 3 is 2.27 bits per heavy atom. The van der Waals surface area contributed by atoms with E-state index in [1.807, 2.05) is 13.8 Å². The number of benzene rings is 2. The third-order valence-electron chi connectivity index (χ3n) is 8.13. The minimum absolute atomic E-state index is 0.00670. The van der Waals surface area contributed by atoms with Crippen LogP contribution in [-0.4, -0.2) is 35.9 Å². The molecule has 0 bridgehead atoms. The standard InChI is InChI=1S/C27H31F6NO3/c1-25(2)20(24(35)36)14-22(25)34-12-11-15-3-4-16-5-10-21(23(19(16)13-15)27(31,32)33)37-18-8-6-17(7-9-18)26(28,29)30/h3-5,10,13,17-18,20,22,34H,6-9,11-12,14H2,1-2H3,(H,35,36)/t17?,18?,20-,22+/m0/s1. The summed E-state index contributed by atoms with van der Waals surface area (Å²) in [5, 5.41) is 13.0. The number of rotatable bonds is 7. The maximum Gasteiger partial charge on any atom is 0.420 e. The van der Waals surface area contributed by atoms with Crippen LogP contribution in [0, 0.1) is 17.3 Å². The average Bonchev–Trinajstić information content (AvgIpc) is 2.79. The van der Waals surface area contributed by atoms with Crippen LogP contribution in [0.25, 0.3) is 10.8 Å². The molecule has 0 amide bonds. The van der Waals surface area contributed by atoms with Crippen LogP contribution in [0.5, 0.6) is 5.75 Å². The van der Waals surface area contributed by atoms with Crippen molar-refractivity contribution in [3.05, 3.63) is 41.5 Å². The highest BCUT2D eigenvalue weighted by molar-refractivity contribution is 5.89. The number of aliphatic carboxylic acids is 1. The maximum absolute atomic E-state index is 14.2. The second-order valence-corrected chi connectivity index (χ2v) is 10.8. The van der Waals surface area contributed by atoms with Crippen LogP contribution in [0.3, 0.4) is 0 Å². The molecule has 2 aliphatic rings. The van der Waals surface area contributed by atoms with Crippen molar-refractivity contribution in [2.45, 2.75) is 76.9 Å². The normalized spacial score (nSPS) is 26.1. The lowest BCUT2D eigenvalue weighted by Gasteiger charge is -2.50. The molecule has 10 heteroatoms. The fraction of sp³-hybridized carbons (Fsp3) is 0.593. The van der Waals surface area contributed by atoms with Gasteiger partial charge in [0.05, 0.1) is 17.9 Å². The van der Waals surface area contributed by atoms with Crippen LogP contribution in [0.1, 0.15) is 57.1 Å². The van der Waals surface area contributed by atoms with Gasteiger partial charge < -0.3 is 15.2 Å². The van der Waals surface area contributed by atoms with E-state index in [-0.39, 0.29) is 42.9 Å². The van der Waals surface area contributed by atoms with Gasteiger partial charge in [-0.05, 0) is 72.9 Å². The quantitative estimate of drug-likeness (QED) is 0.378. The van der Waals surface area contributed by atoms with Crippen molar-refractivity contribution in [2.75, 3.05) is 6.54 Å². The van der Waals surface area contributed by atoms with Crippen molar-refractivity contribution in [3.63, 3.8) is 0 Å². The summed E-state index contributed by atoms with van der Waals surface area (Å²) in [5.41, 5.74) is -0.646. The smallest absolute Gasteiger partial charge is 0.420 e. The van der Waals surface area contributed by atoms with E-state index in [0.717, 1.165) is 0 Å². The molecule has 0 unspecified atom stereocenters. The first-order valence-corrected chi connectivity index (χ1v) is 12.5. The predicted molar refractivity (Wildman–Crippen MR) is 126 cm³/mol. The first kappa shape index (κ1) is 27.5. The van der Waals surface area contributed by atoms with E-state index in [4.69, 9.17) is 4.74 Å². The van der Waals surface area contributed by atoms with Crippen molar-refractivity contribution >= 4 is 16.7 Å². The maximum atomic E-state index is 14.2. The summed E-state index contributed by atoms with van der Waals surface area (Å²) >= 11 is 0. The Kier molecular flexibility index (Phi) is 7.44. The van der Waals surface area contributed by atoms with E-state index in [9.17, 15) is 36.2 Å². The first-order valence-electron chi connectivity index (χ1n) is 12.5. The Labute approximate surface area is 211 Å². The summed E-state index contributed by atoms with van der Waals surface area (Å²) < 4.78 is 87.1. The van der Waals surface area contributed by atoms with Crippen LogP contribution in [0.15, 0.2) is 30.3 Å². The van der Waals surface area contributed by atoms with Crippen molar-refractivity contribution in [2.24, 2.45) is 17.3 Å². The number of carbonyl (C=O) groups is 1. The molecule has 0 heterocycles. The molecule has 0 radical (unpaired) electrons. The third kappa shape index (κ3) is 5.84. The van der Waals surface area contributed by atoms with Crippen molar-refractivity contribution in [1.29, 1.82) is 0 Å². The van der Waals surface area contributed by atoms with Gasteiger partial charge in [0.15, 0.2) is 0 Å². The zero-order valence-corrected chi connectivity index (χ0v) is 20.7. The molecule has 2 saturated carbocycles. The highest BCUT2D eigenvalue weighted by Crippen LogP contribution is 2.47. The van der Waals surface area contributed by atoms with Crippen LogP contribution < -0.4 is 10.1 Å². The fourth-order valence-electron chi connectivity index (χ4n) is 5.66. The van der Waals surface area contributed by atoms with Gasteiger partial charge >= 0.3 is 18.3 Å². The molecule has 37 heavy (non-hydrogen) atoms. The van der Waals surface area contributed by atoms with Crippen LogP contribution in [0.4, 0.5) is 26.3 Å². The number of carboxylic acids is 1. The van der Waals surface area contributed by atoms with Gasteiger partial charge in [0, 0.05) is 6.04 Å². The monoisotopic (exact) mass is 531 g/mol. The molecule has 2 atom stereocenters. The Morgan fingerprint density at radius 1 is 1.05 bits per heavy atom. The van der Waals surface area contributed by atoms with Gasteiger partial charge in [0.2, 0.25) is 0 Å². The lowest BCUT2D eigenvalue weighted by atomic mass is 9.58. The Morgan fingerprint density at radius 2 is 1.70 bits per heavy atom. The number of hydrogen-bond acceptors (Lipinski definition) is 3. The molecule has 0 aromatic heterocycles. The lowest BCUT2D eigenvalue weighted by molar-refractivity contribution is -0.185. The third-order valence-corrected chi connectivity index (χ3v) is 8.13. The van der Waals surface area contributed by atoms with Gasteiger partial charge in [0.1, 0.15) is 11.3 Å². The average molecular weight is 532 g/mol. The SMILES string of the molecule is CC1(C)[C@H](NCCc2ccc3ccc(OC4CCC(C(F)(F)F)CC4)c(C(F)(F)F)c3c2)C[C@H]1C(=O)O. The molecule has 2 aromatic carbocycles. The lowest BCUT2D eigenvalue weighted by Crippen LogP contribution is -2.59. The second kappa shape index (κ2) is 10.0. The summed E-state index contributed by atoms with van der Waals surface area (Å²) in [6, 6.07) is 7.65. The number of alkyl halides is 6. The molecule has 2 aromatic rings. The van der Waals surface area contributed by atoms with Crippen LogP contribution >= 0.6 is 0 Å². The molecular weight excluding hydrogens is 500 g/mol. The molecule has 204 valence electrons. The highest BCUT2D eigenvalue weighted by Gasteiger charge is 2.51. The highest BCUT2D eigenvalue weighted by atomic mass is 19.4. The van der Waals surface area contributed by atoms with Crippen molar-refractivity contribution in [3.8, 4) is 5.75 Å². The number of fused-ring (bicyclic) bond motifs is 1. The van der Waals surface area contributed by atoms with Gasteiger partial charge in [-0.2, -0.15) is 26.3 Å². The molecule has 0 spiro atoms. The van der Waals surface area contributed by atoms with E-state index in [1.165, 1.54) is 18.2 Å². The van der Waals surface area contributed by atoms with E-state index >= 15 is 0 Å². The van der Waals surface area contributed by atoms with Crippen LogP contribution in [0.2, 0.25) is 0 Å². The molecule has 2 aliphatic carbocycles. The molecule has 0 aliphatic heterocycles. The number of hydrogen-bond donors (Lipinski definition) is 2. The Bertz CT molecular complexity index is 1140. The van der Waals surface area contributed by atoms with E-state index < -0.39 is 47.2 Å². The first-order chi connectivity index (χ1) is 17.2. The topological polar surface area (TPSA) is 58.6 Å². The number of ether oxygens (including phenoxy) is 1. The van der Waals surface area contributed by atoms with Gasteiger partial charge in [-0.3, -0.25) is 4.79 Å². The summed E-state index contributed by atoms with van der Waals surface area (Å²) in [4.78, 5) is 11.3. The van der Waals surface area contributed by atoms with E-state index in [1.54, 1.807) is 12.1 Å². The zero-order chi connectivity index (χ0) is 27.2. The molecule has 4 rings (SSSR count). The van der Waals surface area contributed by atoms with Gasteiger partial charge in [-0.25, -0.2) is 0 Å². The van der Waals surface area contributed by atoms with Crippen molar-refractivity contribution < 1.29 is 41.0 Å².